The molecule has 1 aromatic rings. The van der Waals surface area contributed by atoms with E-state index >= 15 is 0 Å². The lowest BCUT2D eigenvalue weighted by molar-refractivity contribution is -0.118. The second-order valence-electron chi connectivity index (χ2n) is 5.96. The average Bonchev–Trinajstić information content (AvgIpc) is 2.51. The van der Waals surface area contributed by atoms with Gasteiger partial charge in [0.05, 0.1) is 6.54 Å². The number of carbonyl (C=O) groups excluding carboxylic acids is 1. The fraction of sp³-hybridized carbons (Fsp3) is 0.588. The Balaban J connectivity index is 0.00000264. The highest BCUT2D eigenvalue weighted by atomic mass is 35.5. The molecule has 0 atom stereocenters. The first-order chi connectivity index (χ1) is 10.6. The van der Waals surface area contributed by atoms with Crippen molar-refractivity contribution in [3.05, 3.63) is 28.8 Å². The van der Waals surface area contributed by atoms with Gasteiger partial charge in [0.25, 0.3) is 0 Å². The van der Waals surface area contributed by atoms with E-state index in [0.29, 0.717) is 17.6 Å². The van der Waals surface area contributed by atoms with Gasteiger partial charge >= 0.3 is 0 Å². The molecule has 1 aromatic carbocycles. The van der Waals surface area contributed by atoms with Gasteiger partial charge in [-0.25, -0.2) is 0 Å². The van der Waals surface area contributed by atoms with Crippen molar-refractivity contribution >= 4 is 35.6 Å². The second kappa shape index (κ2) is 10.1. The Morgan fingerprint density at radius 2 is 2.09 bits per heavy atom. The number of benzene rings is 1. The highest BCUT2D eigenvalue weighted by Gasteiger charge is 2.22. The van der Waals surface area contributed by atoms with E-state index in [4.69, 9.17) is 11.6 Å². The molecule has 0 spiro atoms. The minimum absolute atomic E-state index is 0. The van der Waals surface area contributed by atoms with E-state index in [1.165, 1.54) is 0 Å². The van der Waals surface area contributed by atoms with Gasteiger partial charge in [0, 0.05) is 16.8 Å². The predicted molar refractivity (Wildman–Crippen MR) is 99.8 cm³/mol. The average molecular weight is 360 g/mol. The molecule has 0 aliphatic carbocycles. The fourth-order valence-electron chi connectivity index (χ4n) is 2.95. The van der Waals surface area contributed by atoms with E-state index in [0.717, 1.165) is 50.1 Å². The predicted octanol–water partition coefficient (Wildman–Crippen LogP) is 3.47. The molecular weight excluding hydrogens is 333 g/mol. The van der Waals surface area contributed by atoms with Crippen molar-refractivity contribution < 1.29 is 4.79 Å². The SMILES string of the molecule is CCCN(CC(=O)Nc1cc(Cl)ccc1C)C1CCNCC1.Cl. The summed E-state index contributed by atoms with van der Waals surface area (Å²) in [5, 5.41) is 7.02. The summed E-state index contributed by atoms with van der Waals surface area (Å²) in [5.41, 5.74) is 1.83. The summed E-state index contributed by atoms with van der Waals surface area (Å²) < 4.78 is 0. The van der Waals surface area contributed by atoms with Crippen molar-refractivity contribution in [3.8, 4) is 0 Å². The number of hydrogen-bond acceptors (Lipinski definition) is 3. The number of nitrogens with one attached hydrogen (secondary N) is 2. The van der Waals surface area contributed by atoms with Crippen LogP contribution < -0.4 is 10.6 Å². The molecule has 1 amide bonds. The van der Waals surface area contributed by atoms with Gasteiger partial charge in [0.1, 0.15) is 0 Å². The fourth-order valence-corrected chi connectivity index (χ4v) is 3.12. The van der Waals surface area contributed by atoms with E-state index in [9.17, 15) is 4.79 Å². The third-order valence-corrected chi connectivity index (χ3v) is 4.39. The van der Waals surface area contributed by atoms with Crippen molar-refractivity contribution in [1.29, 1.82) is 0 Å². The smallest absolute Gasteiger partial charge is 0.238 e. The lowest BCUT2D eigenvalue weighted by Gasteiger charge is -2.34. The lowest BCUT2D eigenvalue weighted by Crippen LogP contribution is -2.46. The molecule has 1 aliphatic rings. The molecule has 1 heterocycles. The highest BCUT2D eigenvalue weighted by molar-refractivity contribution is 6.31. The number of aryl methyl sites for hydroxylation is 1. The van der Waals surface area contributed by atoms with E-state index in [2.05, 4.69) is 22.5 Å². The summed E-state index contributed by atoms with van der Waals surface area (Å²) in [6.45, 7) is 7.63. The third kappa shape index (κ3) is 6.30. The number of amides is 1. The zero-order valence-corrected chi connectivity index (χ0v) is 15.5. The Morgan fingerprint density at radius 1 is 1.39 bits per heavy atom. The van der Waals surface area contributed by atoms with Gasteiger partial charge in [-0.2, -0.15) is 0 Å². The summed E-state index contributed by atoms with van der Waals surface area (Å²) in [4.78, 5) is 14.7. The summed E-state index contributed by atoms with van der Waals surface area (Å²) in [6, 6.07) is 6.08. The number of carbonyl (C=O) groups is 1. The Hall–Kier alpha value is -0.810. The molecule has 0 unspecified atom stereocenters. The Kier molecular flexibility index (Phi) is 8.92. The molecule has 6 heteroatoms. The first-order valence-corrected chi connectivity index (χ1v) is 8.48. The maximum atomic E-state index is 12.4. The van der Waals surface area contributed by atoms with Crippen LogP contribution in [0.3, 0.4) is 0 Å². The van der Waals surface area contributed by atoms with Gasteiger partial charge in [0.2, 0.25) is 5.91 Å². The molecule has 23 heavy (non-hydrogen) atoms. The van der Waals surface area contributed by atoms with Crippen LogP contribution >= 0.6 is 24.0 Å². The van der Waals surface area contributed by atoms with Crippen molar-refractivity contribution in [2.75, 3.05) is 31.5 Å². The number of halogens is 2. The topological polar surface area (TPSA) is 44.4 Å². The van der Waals surface area contributed by atoms with Crippen molar-refractivity contribution in [3.63, 3.8) is 0 Å². The first-order valence-electron chi connectivity index (χ1n) is 8.11. The molecule has 0 aromatic heterocycles. The first kappa shape index (κ1) is 20.2. The molecular formula is C17H27Cl2N3O. The zero-order valence-electron chi connectivity index (χ0n) is 13.9. The Morgan fingerprint density at radius 3 is 2.74 bits per heavy atom. The van der Waals surface area contributed by atoms with Crippen LogP contribution in [0.15, 0.2) is 18.2 Å². The van der Waals surface area contributed by atoms with E-state index in [-0.39, 0.29) is 18.3 Å². The quantitative estimate of drug-likeness (QED) is 0.817. The molecule has 4 nitrogen and oxygen atoms in total. The standard InChI is InChI=1S/C17H26ClN3O.ClH/c1-3-10-21(15-6-8-19-9-7-15)12-17(22)20-16-11-14(18)5-4-13(16)2;/h4-5,11,15,19H,3,6-10,12H2,1-2H3,(H,20,22);1H. The van der Waals surface area contributed by atoms with E-state index in [1.54, 1.807) is 0 Å². The monoisotopic (exact) mass is 359 g/mol. The maximum Gasteiger partial charge on any atom is 0.238 e. The van der Waals surface area contributed by atoms with Gasteiger partial charge in [-0.15, -0.1) is 12.4 Å². The van der Waals surface area contributed by atoms with Crippen LogP contribution in [0.4, 0.5) is 5.69 Å². The zero-order chi connectivity index (χ0) is 15.9. The molecule has 1 fully saturated rings. The lowest BCUT2D eigenvalue weighted by atomic mass is 10.0. The summed E-state index contributed by atoms with van der Waals surface area (Å²) in [7, 11) is 0. The van der Waals surface area contributed by atoms with Crippen molar-refractivity contribution in [2.45, 2.75) is 39.2 Å². The van der Waals surface area contributed by atoms with Crippen molar-refractivity contribution in [2.24, 2.45) is 0 Å². The highest BCUT2D eigenvalue weighted by Crippen LogP contribution is 2.20. The minimum Gasteiger partial charge on any atom is -0.325 e. The molecule has 1 saturated heterocycles. The van der Waals surface area contributed by atoms with Crippen LogP contribution in [-0.4, -0.2) is 43.0 Å². The number of piperidine rings is 1. The van der Waals surface area contributed by atoms with Crippen LogP contribution in [-0.2, 0) is 4.79 Å². The van der Waals surface area contributed by atoms with Gasteiger partial charge in [0.15, 0.2) is 0 Å². The van der Waals surface area contributed by atoms with Crippen LogP contribution in [0.25, 0.3) is 0 Å². The van der Waals surface area contributed by atoms with Gasteiger partial charge in [-0.3, -0.25) is 9.69 Å². The molecule has 0 bridgehead atoms. The summed E-state index contributed by atoms with van der Waals surface area (Å²) in [5.74, 6) is 0.0392. The molecule has 130 valence electrons. The van der Waals surface area contributed by atoms with Crippen LogP contribution in [0.5, 0.6) is 0 Å². The van der Waals surface area contributed by atoms with E-state index in [1.807, 2.05) is 25.1 Å². The van der Waals surface area contributed by atoms with Crippen LogP contribution in [0, 0.1) is 6.92 Å². The number of anilines is 1. The largest absolute Gasteiger partial charge is 0.325 e. The number of hydrogen-bond donors (Lipinski definition) is 2. The minimum atomic E-state index is 0. The second-order valence-corrected chi connectivity index (χ2v) is 6.40. The maximum absolute atomic E-state index is 12.4. The van der Waals surface area contributed by atoms with Gasteiger partial charge in [-0.05, 0) is 63.5 Å². The molecule has 1 aliphatic heterocycles. The summed E-state index contributed by atoms with van der Waals surface area (Å²) in [6.07, 6.45) is 3.29. The molecule has 0 radical (unpaired) electrons. The molecule has 2 rings (SSSR count). The third-order valence-electron chi connectivity index (χ3n) is 4.16. The Labute approximate surface area is 150 Å². The summed E-state index contributed by atoms with van der Waals surface area (Å²) >= 11 is 6.01. The van der Waals surface area contributed by atoms with Gasteiger partial charge in [-0.1, -0.05) is 24.6 Å². The van der Waals surface area contributed by atoms with E-state index < -0.39 is 0 Å². The molecule has 2 N–H and O–H groups in total. The van der Waals surface area contributed by atoms with Crippen LogP contribution in [0.1, 0.15) is 31.7 Å². The Bertz CT molecular complexity index is 505. The van der Waals surface area contributed by atoms with Crippen LogP contribution in [0.2, 0.25) is 5.02 Å². The van der Waals surface area contributed by atoms with Gasteiger partial charge < -0.3 is 10.6 Å². The normalized spacial score (nSPS) is 15.3. The molecule has 0 saturated carbocycles. The number of nitrogens with zero attached hydrogens (tertiary/aromatic N) is 1. The van der Waals surface area contributed by atoms with Crippen molar-refractivity contribution in [1.82, 2.24) is 10.2 Å². The number of rotatable bonds is 6.